The standard InChI is InChI=1S/C17H24N4O/c1-2-20-9-5-13(12-20)16-19-15-4-3-8-18-17(15)21(16)14-6-10-22-11-7-14/h3-4,8,13-14H,2,5-7,9-12H2,1H3. The lowest BCUT2D eigenvalue weighted by Gasteiger charge is -2.26. The Bertz CT molecular complexity index is 647. The Morgan fingerprint density at radius 3 is 2.91 bits per heavy atom. The van der Waals surface area contributed by atoms with Gasteiger partial charge in [0, 0.05) is 37.9 Å². The normalized spacial score (nSPS) is 24.3. The van der Waals surface area contributed by atoms with Gasteiger partial charge < -0.3 is 14.2 Å². The van der Waals surface area contributed by atoms with E-state index in [4.69, 9.17) is 9.72 Å². The predicted molar refractivity (Wildman–Crippen MR) is 86.1 cm³/mol. The summed E-state index contributed by atoms with van der Waals surface area (Å²) in [6.45, 7) is 7.39. The predicted octanol–water partition coefficient (Wildman–Crippen LogP) is 2.59. The van der Waals surface area contributed by atoms with Crippen molar-refractivity contribution in [2.75, 3.05) is 32.8 Å². The van der Waals surface area contributed by atoms with E-state index >= 15 is 0 Å². The number of imidazole rings is 1. The molecule has 2 aliphatic heterocycles. The van der Waals surface area contributed by atoms with Gasteiger partial charge in [-0.3, -0.25) is 0 Å². The number of pyridine rings is 1. The molecule has 22 heavy (non-hydrogen) atoms. The van der Waals surface area contributed by atoms with E-state index in [2.05, 4.69) is 27.4 Å². The van der Waals surface area contributed by atoms with Gasteiger partial charge in [0.2, 0.25) is 0 Å². The highest BCUT2D eigenvalue weighted by Crippen LogP contribution is 2.33. The number of hydrogen-bond acceptors (Lipinski definition) is 4. The molecular formula is C17H24N4O. The van der Waals surface area contributed by atoms with Crippen molar-refractivity contribution in [3.63, 3.8) is 0 Å². The maximum Gasteiger partial charge on any atom is 0.160 e. The van der Waals surface area contributed by atoms with Crippen molar-refractivity contribution >= 4 is 11.2 Å². The maximum atomic E-state index is 5.55. The molecule has 5 heteroatoms. The van der Waals surface area contributed by atoms with Gasteiger partial charge in [0.15, 0.2) is 5.65 Å². The lowest BCUT2D eigenvalue weighted by atomic mass is 10.1. The van der Waals surface area contributed by atoms with Crippen LogP contribution in [0.3, 0.4) is 0 Å². The Hall–Kier alpha value is -1.46. The molecule has 5 nitrogen and oxygen atoms in total. The monoisotopic (exact) mass is 300 g/mol. The minimum atomic E-state index is 0.485. The molecule has 1 atom stereocenters. The first-order chi connectivity index (χ1) is 10.9. The highest BCUT2D eigenvalue weighted by atomic mass is 16.5. The van der Waals surface area contributed by atoms with Gasteiger partial charge in [0.25, 0.3) is 0 Å². The number of fused-ring (bicyclic) bond motifs is 1. The summed E-state index contributed by atoms with van der Waals surface area (Å²) >= 11 is 0. The first-order valence-corrected chi connectivity index (χ1v) is 8.49. The Morgan fingerprint density at radius 2 is 2.14 bits per heavy atom. The Kier molecular flexibility index (Phi) is 3.84. The molecule has 4 rings (SSSR count). The van der Waals surface area contributed by atoms with Gasteiger partial charge in [0.05, 0.1) is 0 Å². The molecule has 4 heterocycles. The lowest BCUT2D eigenvalue weighted by molar-refractivity contribution is 0.0694. The van der Waals surface area contributed by atoms with Crippen LogP contribution in [0.2, 0.25) is 0 Å². The average Bonchev–Trinajstić information content (AvgIpc) is 3.19. The number of aromatic nitrogens is 3. The van der Waals surface area contributed by atoms with E-state index in [1.807, 2.05) is 12.3 Å². The van der Waals surface area contributed by atoms with E-state index in [-0.39, 0.29) is 0 Å². The first kappa shape index (κ1) is 14.2. The zero-order chi connectivity index (χ0) is 14.9. The second-order valence-electron chi connectivity index (χ2n) is 6.41. The minimum absolute atomic E-state index is 0.485. The summed E-state index contributed by atoms with van der Waals surface area (Å²) in [5, 5.41) is 0. The van der Waals surface area contributed by atoms with E-state index in [1.54, 1.807) is 0 Å². The van der Waals surface area contributed by atoms with E-state index in [9.17, 15) is 0 Å². The molecule has 0 aromatic carbocycles. The fourth-order valence-corrected chi connectivity index (χ4v) is 3.87. The Morgan fingerprint density at radius 1 is 1.27 bits per heavy atom. The van der Waals surface area contributed by atoms with Crippen LogP contribution < -0.4 is 0 Å². The minimum Gasteiger partial charge on any atom is -0.381 e. The number of nitrogens with zero attached hydrogens (tertiary/aromatic N) is 4. The fraction of sp³-hybridized carbons (Fsp3) is 0.647. The summed E-state index contributed by atoms with van der Waals surface area (Å²) in [6, 6.07) is 4.56. The van der Waals surface area contributed by atoms with Crippen LogP contribution in [-0.4, -0.2) is 52.3 Å². The molecule has 2 fully saturated rings. The van der Waals surface area contributed by atoms with Crippen molar-refractivity contribution in [3.05, 3.63) is 24.2 Å². The van der Waals surface area contributed by atoms with Crippen molar-refractivity contribution < 1.29 is 4.74 Å². The Labute approximate surface area is 131 Å². The maximum absolute atomic E-state index is 5.55. The molecular weight excluding hydrogens is 276 g/mol. The summed E-state index contributed by atoms with van der Waals surface area (Å²) < 4.78 is 7.98. The zero-order valence-corrected chi connectivity index (χ0v) is 13.2. The van der Waals surface area contributed by atoms with Crippen molar-refractivity contribution in [1.29, 1.82) is 0 Å². The second-order valence-corrected chi connectivity index (χ2v) is 6.41. The van der Waals surface area contributed by atoms with Gasteiger partial charge in [-0.15, -0.1) is 0 Å². The quantitative estimate of drug-likeness (QED) is 0.874. The second kappa shape index (κ2) is 5.97. The van der Waals surface area contributed by atoms with Crippen LogP contribution in [0.4, 0.5) is 0 Å². The van der Waals surface area contributed by atoms with Crippen molar-refractivity contribution in [2.45, 2.75) is 38.1 Å². The molecule has 2 aromatic rings. The molecule has 0 radical (unpaired) electrons. The van der Waals surface area contributed by atoms with Gasteiger partial charge in [-0.25, -0.2) is 9.97 Å². The number of likely N-dealkylation sites (tertiary alicyclic amines) is 1. The van der Waals surface area contributed by atoms with Gasteiger partial charge in [0.1, 0.15) is 11.3 Å². The third-order valence-electron chi connectivity index (χ3n) is 5.12. The number of hydrogen-bond donors (Lipinski definition) is 0. The summed E-state index contributed by atoms with van der Waals surface area (Å²) in [7, 11) is 0. The molecule has 0 bridgehead atoms. The third kappa shape index (κ3) is 2.42. The van der Waals surface area contributed by atoms with Crippen molar-refractivity contribution in [1.82, 2.24) is 19.4 Å². The lowest BCUT2D eigenvalue weighted by Crippen LogP contribution is -2.24. The molecule has 2 aliphatic rings. The third-order valence-corrected chi connectivity index (χ3v) is 5.12. The van der Waals surface area contributed by atoms with Crippen molar-refractivity contribution in [2.24, 2.45) is 0 Å². The van der Waals surface area contributed by atoms with Gasteiger partial charge in [-0.05, 0) is 44.5 Å². The van der Waals surface area contributed by atoms with Gasteiger partial charge >= 0.3 is 0 Å². The molecule has 0 N–H and O–H groups in total. The average molecular weight is 300 g/mol. The zero-order valence-electron chi connectivity index (χ0n) is 13.2. The SMILES string of the molecule is CCN1CCC(c2nc3cccnc3n2C2CCOCC2)C1. The molecule has 2 aromatic heterocycles. The van der Waals surface area contributed by atoms with Gasteiger partial charge in [-0.1, -0.05) is 6.92 Å². The van der Waals surface area contributed by atoms with Crippen molar-refractivity contribution in [3.8, 4) is 0 Å². The first-order valence-electron chi connectivity index (χ1n) is 8.49. The van der Waals surface area contributed by atoms with E-state index < -0.39 is 0 Å². The summed E-state index contributed by atoms with van der Waals surface area (Å²) in [4.78, 5) is 12.1. The molecule has 2 saturated heterocycles. The van der Waals surface area contributed by atoms with E-state index in [1.165, 1.54) is 18.8 Å². The number of rotatable bonds is 3. The summed E-state index contributed by atoms with van der Waals surface area (Å²) in [6.07, 6.45) is 5.23. The van der Waals surface area contributed by atoms with Crippen LogP contribution >= 0.6 is 0 Å². The molecule has 0 saturated carbocycles. The number of likely N-dealkylation sites (N-methyl/N-ethyl adjacent to an activating group) is 1. The van der Waals surface area contributed by atoms with E-state index in [0.29, 0.717) is 12.0 Å². The van der Waals surface area contributed by atoms with Crippen LogP contribution in [-0.2, 0) is 4.74 Å². The summed E-state index contributed by atoms with van der Waals surface area (Å²) in [5.74, 6) is 1.79. The smallest absolute Gasteiger partial charge is 0.160 e. The largest absolute Gasteiger partial charge is 0.381 e. The number of ether oxygens (including phenoxy) is 1. The Balaban J connectivity index is 1.76. The van der Waals surface area contributed by atoms with Crippen LogP contribution in [0.25, 0.3) is 11.2 Å². The molecule has 0 amide bonds. The summed E-state index contributed by atoms with van der Waals surface area (Å²) in [5.41, 5.74) is 2.10. The van der Waals surface area contributed by atoms with Crippen LogP contribution in [0, 0.1) is 0 Å². The highest BCUT2D eigenvalue weighted by molar-refractivity contribution is 5.71. The van der Waals surface area contributed by atoms with Crippen LogP contribution in [0.1, 0.15) is 44.0 Å². The highest BCUT2D eigenvalue weighted by Gasteiger charge is 2.30. The van der Waals surface area contributed by atoms with Gasteiger partial charge in [-0.2, -0.15) is 0 Å². The molecule has 118 valence electrons. The van der Waals surface area contributed by atoms with Crippen LogP contribution in [0.5, 0.6) is 0 Å². The van der Waals surface area contributed by atoms with Crippen LogP contribution in [0.15, 0.2) is 18.3 Å². The molecule has 1 unspecified atom stereocenters. The molecule has 0 spiro atoms. The van der Waals surface area contributed by atoms with E-state index in [0.717, 1.165) is 50.3 Å². The fourth-order valence-electron chi connectivity index (χ4n) is 3.87. The topological polar surface area (TPSA) is 43.2 Å². The molecule has 0 aliphatic carbocycles.